The van der Waals surface area contributed by atoms with E-state index in [1.165, 1.54) is 50.6 Å². The third-order valence-electron chi connectivity index (χ3n) is 12.4. The van der Waals surface area contributed by atoms with E-state index in [0.29, 0.717) is 29.2 Å². The molecule has 6 nitrogen and oxygen atoms in total. The number of hydrogen-bond donors (Lipinski definition) is 3. The molecule has 1 aliphatic heterocycles. The van der Waals surface area contributed by atoms with Crippen molar-refractivity contribution in [2.24, 2.45) is 16.9 Å². The second kappa shape index (κ2) is 16.9. The van der Waals surface area contributed by atoms with Crippen molar-refractivity contribution in [1.29, 1.82) is 5.41 Å². The summed E-state index contributed by atoms with van der Waals surface area (Å²) in [6, 6.07) is 43.1. The second-order valence-corrected chi connectivity index (χ2v) is 17.9. The summed E-state index contributed by atoms with van der Waals surface area (Å²) < 4.78 is 19.1. The van der Waals surface area contributed by atoms with Gasteiger partial charge in [-0.2, -0.15) is 0 Å². The van der Waals surface area contributed by atoms with Gasteiger partial charge >= 0.3 is 0 Å². The Morgan fingerprint density at radius 1 is 0.754 bits per heavy atom. The molecule has 0 radical (unpaired) electrons. The van der Waals surface area contributed by atoms with Crippen molar-refractivity contribution in [2.75, 3.05) is 6.54 Å². The van der Waals surface area contributed by atoms with Crippen LogP contribution >= 0.6 is 0 Å². The maximum absolute atomic E-state index is 7.62. The molecule has 1 aromatic heterocycles. The van der Waals surface area contributed by atoms with E-state index < -0.39 is 0 Å². The molecule has 0 spiro atoms. The van der Waals surface area contributed by atoms with Crippen LogP contribution in [-0.4, -0.2) is 12.4 Å². The number of nitrogens with two attached hydrogens (primary N) is 2. The first-order chi connectivity index (χ1) is 29.4. The van der Waals surface area contributed by atoms with Crippen molar-refractivity contribution in [2.45, 2.75) is 78.6 Å². The number of amidine groups is 1. The molecule has 0 fully saturated rings. The van der Waals surface area contributed by atoms with Crippen molar-refractivity contribution in [3.05, 3.63) is 173 Å². The molecule has 1 atom stereocenters. The minimum absolute atomic E-state index is 0.0411. The van der Waals surface area contributed by atoms with Gasteiger partial charge in [0, 0.05) is 38.8 Å². The summed E-state index contributed by atoms with van der Waals surface area (Å²) in [6.07, 6.45) is 8.83. The highest BCUT2D eigenvalue weighted by Crippen LogP contribution is 2.59. The van der Waals surface area contributed by atoms with Crippen LogP contribution in [0, 0.1) is 10.8 Å². The molecule has 6 heteroatoms. The molecule has 0 bridgehead atoms. The lowest BCUT2D eigenvalue weighted by Crippen LogP contribution is -2.16. The summed E-state index contributed by atoms with van der Waals surface area (Å²) in [4.78, 5) is 0. The SMILES string of the molecule is CC1(C)C2=C(CCC=C2)c2c1ccc1c2Oc2cccc(-c3ccc(C(=N)N)cc3)c2O1.CCC(C)(C)C.NCCC(c1ccccc1)c1ccc2c(c1)oc1ccccc12. The Bertz CT molecular complexity index is 2780. The number of para-hydroxylation sites is 2. The molecule has 0 saturated carbocycles. The van der Waals surface area contributed by atoms with E-state index >= 15 is 0 Å². The zero-order valence-corrected chi connectivity index (χ0v) is 36.3. The number of nitrogen functional groups attached to an aromatic ring is 1. The number of allylic oxidation sites excluding steroid dienone is 4. The molecule has 6 aromatic carbocycles. The predicted molar refractivity (Wildman–Crippen MR) is 253 cm³/mol. The number of ether oxygens (including phenoxy) is 2. The van der Waals surface area contributed by atoms with E-state index in [9.17, 15) is 0 Å². The first kappa shape index (κ1) is 41.4. The Morgan fingerprint density at radius 2 is 1.44 bits per heavy atom. The predicted octanol–water partition coefficient (Wildman–Crippen LogP) is 14.4. The zero-order valence-electron chi connectivity index (χ0n) is 36.3. The van der Waals surface area contributed by atoms with Crippen LogP contribution in [0.1, 0.15) is 101 Å². The summed E-state index contributed by atoms with van der Waals surface area (Å²) in [5.41, 5.74) is 24.3. The van der Waals surface area contributed by atoms with Gasteiger partial charge in [0.1, 0.15) is 17.0 Å². The average Bonchev–Trinajstić information content (AvgIpc) is 3.76. The van der Waals surface area contributed by atoms with Crippen LogP contribution in [0.2, 0.25) is 0 Å². The summed E-state index contributed by atoms with van der Waals surface area (Å²) in [5.74, 6) is 3.38. The fraction of sp³-hybridized carbons (Fsp3) is 0.255. The Morgan fingerprint density at radius 3 is 2.16 bits per heavy atom. The van der Waals surface area contributed by atoms with Crippen LogP contribution in [-0.2, 0) is 5.41 Å². The highest BCUT2D eigenvalue weighted by Gasteiger charge is 2.41. The third kappa shape index (κ3) is 8.25. The Labute approximate surface area is 360 Å². The lowest BCUT2D eigenvalue weighted by Gasteiger charge is -2.27. The number of hydrogen-bond acceptors (Lipinski definition) is 5. The maximum Gasteiger partial charge on any atom is 0.177 e. The molecule has 0 amide bonds. The van der Waals surface area contributed by atoms with Crippen molar-refractivity contribution < 1.29 is 13.9 Å². The topological polar surface area (TPSA) is 107 Å². The van der Waals surface area contributed by atoms with Gasteiger partial charge in [0.15, 0.2) is 23.0 Å². The molecule has 310 valence electrons. The molecular weight excluding hydrogens is 751 g/mol. The van der Waals surface area contributed by atoms with Crippen molar-refractivity contribution in [1.82, 2.24) is 0 Å². The molecular formula is C55H57N3O3. The summed E-state index contributed by atoms with van der Waals surface area (Å²) in [7, 11) is 0. The molecule has 3 aliphatic rings. The number of benzene rings is 6. The molecule has 61 heavy (non-hydrogen) atoms. The van der Waals surface area contributed by atoms with E-state index in [2.05, 4.69) is 108 Å². The molecule has 5 N–H and O–H groups in total. The molecule has 10 rings (SSSR count). The first-order valence-corrected chi connectivity index (χ1v) is 21.6. The van der Waals surface area contributed by atoms with Crippen LogP contribution in [0.25, 0.3) is 38.6 Å². The zero-order chi connectivity index (χ0) is 42.9. The first-order valence-electron chi connectivity index (χ1n) is 21.6. The van der Waals surface area contributed by atoms with E-state index in [0.717, 1.165) is 58.8 Å². The molecule has 2 heterocycles. The maximum atomic E-state index is 7.62. The van der Waals surface area contributed by atoms with E-state index in [1.54, 1.807) is 0 Å². The fourth-order valence-corrected chi connectivity index (χ4v) is 8.54. The number of nitrogens with one attached hydrogen (secondary N) is 1. The lowest BCUT2D eigenvalue weighted by atomic mass is 9.80. The lowest BCUT2D eigenvalue weighted by molar-refractivity contribution is 0.359. The average molecular weight is 808 g/mol. The molecule has 7 aromatic rings. The summed E-state index contributed by atoms with van der Waals surface area (Å²) in [5, 5.41) is 9.96. The van der Waals surface area contributed by atoms with Crippen LogP contribution in [0.3, 0.4) is 0 Å². The Balaban J connectivity index is 0.000000155. The largest absolute Gasteiger partial charge is 0.456 e. The summed E-state index contributed by atoms with van der Waals surface area (Å²) >= 11 is 0. The quantitative estimate of drug-likeness (QED) is 0.115. The van der Waals surface area contributed by atoms with Gasteiger partial charge in [0.05, 0.1) is 0 Å². The van der Waals surface area contributed by atoms with Gasteiger partial charge in [-0.3, -0.25) is 5.41 Å². The van der Waals surface area contributed by atoms with E-state index in [4.69, 9.17) is 30.8 Å². The minimum Gasteiger partial charge on any atom is -0.456 e. The van der Waals surface area contributed by atoms with Gasteiger partial charge < -0.3 is 25.4 Å². The van der Waals surface area contributed by atoms with Crippen LogP contribution in [0.5, 0.6) is 23.0 Å². The third-order valence-corrected chi connectivity index (χ3v) is 12.4. The number of rotatable bonds is 6. The number of furan rings is 1. The van der Waals surface area contributed by atoms with Crippen LogP contribution < -0.4 is 20.9 Å². The van der Waals surface area contributed by atoms with Crippen molar-refractivity contribution in [3.8, 4) is 34.1 Å². The Kier molecular flexibility index (Phi) is 11.5. The number of fused-ring (bicyclic) bond motifs is 8. The van der Waals surface area contributed by atoms with Gasteiger partial charge in [0.2, 0.25) is 0 Å². The van der Waals surface area contributed by atoms with Crippen LogP contribution in [0.15, 0.2) is 150 Å². The fourth-order valence-electron chi connectivity index (χ4n) is 8.54. The minimum atomic E-state index is -0.0411. The second-order valence-electron chi connectivity index (χ2n) is 17.9. The van der Waals surface area contributed by atoms with Crippen LogP contribution in [0.4, 0.5) is 0 Å². The molecule has 2 aliphatic carbocycles. The van der Waals surface area contributed by atoms with E-state index in [1.807, 2.05) is 72.8 Å². The van der Waals surface area contributed by atoms with Gasteiger partial charge in [0.25, 0.3) is 0 Å². The molecule has 1 unspecified atom stereocenters. The molecule has 0 saturated heterocycles. The van der Waals surface area contributed by atoms with Gasteiger partial charge in [-0.05, 0) is 88.9 Å². The standard InChI is InChI=1S/C28H24N2O2.C21H19NO.C6H14/c1-28(2)20-8-4-3-6-19(20)24-21(28)14-15-23-26(24)32-22-9-5-7-18(25(22)31-23)16-10-12-17(13-11-16)27(29)30;22-13-12-17(15-6-2-1-3-7-15)16-10-11-19-18-8-4-5-9-20(18)23-21(19)14-16;1-5-6(2,3)4/h4-5,7-15H,3,6H2,1-2H3,(H3,29,30);1-11,14,17H,12-13,22H2;5H2,1-4H3. The van der Waals surface area contributed by atoms with Gasteiger partial charge in [-0.15, -0.1) is 0 Å². The normalized spacial score (nSPS) is 14.9. The van der Waals surface area contributed by atoms with E-state index in [-0.39, 0.29) is 11.3 Å². The highest BCUT2D eigenvalue weighted by molar-refractivity contribution is 6.05. The Hall–Kier alpha value is -6.37. The van der Waals surface area contributed by atoms with Crippen molar-refractivity contribution >= 4 is 33.3 Å². The smallest absolute Gasteiger partial charge is 0.177 e. The monoisotopic (exact) mass is 807 g/mol. The highest BCUT2D eigenvalue weighted by atomic mass is 16.6. The van der Waals surface area contributed by atoms with Crippen molar-refractivity contribution in [3.63, 3.8) is 0 Å². The van der Waals surface area contributed by atoms with Gasteiger partial charge in [-0.25, -0.2) is 0 Å². The van der Waals surface area contributed by atoms with Gasteiger partial charge in [-0.1, -0.05) is 163 Å². The summed E-state index contributed by atoms with van der Waals surface area (Å²) in [6.45, 7) is 14.2.